The van der Waals surface area contributed by atoms with Gasteiger partial charge in [0.1, 0.15) is 5.75 Å². The fourth-order valence-corrected chi connectivity index (χ4v) is 3.38. The predicted molar refractivity (Wildman–Crippen MR) is 129 cm³/mol. The van der Waals surface area contributed by atoms with Crippen LogP contribution in [0.15, 0.2) is 83.4 Å². The second-order valence-corrected chi connectivity index (χ2v) is 7.28. The first-order valence-electron chi connectivity index (χ1n) is 11.0. The Kier molecular flexibility index (Phi) is 7.03. The number of nitrogens with zero attached hydrogens (tertiary/aromatic N) is 1. The minimum absolute atomic E-state index is 0.301. The number of amides is 1. The molecule has 0 saturated carbocycles. The van der Waals surface area contributed by atoms with Crippen LogP contribution in [0, 0.1) is 0 Å². The third kappa shape index (κ3) is 5.15. The molecule has 7 heteroatoms. The molecular formula is C27H24N2O5. The summed E-state index contributed by atoms with van der Waals surface area (Å²) in [6, 6.07) is 21.1. The summed E-state index contributed by atoms with van der Waals surface area (Å²) in [6.45, 7) is 4.58. The third-order valence-corrected chi connectivity index (χ3v) is 5.01. The van der Waals surface area contributed by atoms with Crippen molar-refractivity contribution < 1.29 is 23.5 Å². The van der Waals surface area contributed by atoms with Gasteiger partial charge in [0.25, 0.3) is 5.91 Å². The van der Waals surface area contributed by atoms with Crippen molar-refractivity contribution in [2.45, 2.75) is 13.8 Å². The average Bonchev–Trinajstić information content (AvgIpc) is 3.35. The summed E-state index contributed by atoms with van der Waals surface area (Å²) in [4.78, 5) is 29.2. The summed E-state index contributed by atoms with van der Waals surface area (Å²) in [6.07, 6.45) is 1.63. The molecule has 0 aliphatic rings. The highest BCUT2D eigenvalue weighted by Gasteiger charge is 2.17. The van der Waals surface area contributed by atoms with Crippen molar-refractivity contribution in [3.63, 3.8) is 0 Å². The van der Waals surface area contributed by atoms with Crippen molar-refractivity contribution in [1.82, 2.24) is 4.98 Å². The number of carbonyl (C=O) groups is 2. The van der Waals surface area contributed by atoms with E-state index in [0.717, 1.165) is 11.3 Å². The lowest BCUT2D eigenvalue weighted by molar-refractivity contribution is 0.0526. The number of rotatable bonds is 8. The molecule has 1 heterocycles. The molecule has 4 rings (SSSR count). The number of aromatic nitrogens is 1. The second-order valence-electron chi connectivity index (χ2n) is 7.28. The Morgan fingerprint density at radius 2 is 1.65 bits per heavy atom. The van der Waals surface area contributed by atoms with Crippen LogP contribution in [-0.4, -0.2) is 30.1 Å². The molecule has 0 bridgehead atoms. The molecule has 0 spiro atoms. The van der Waals surface area contributed by atoms with Crippen molar-refractivity contribution in [3.05, 3.63) is 90.1 Å². The van der Waals surface area contributed by atoms with Crippen molar-refractivity contribution in [1.29, 1.82) is 0 Å². The van der Waals surface area contributed by atoms with E-state index in [0.29, 0.717) is 47.2 Å². The Labute approximate surface area is 197 Å². The van der Waals surface area contributed by atoms with Crippen LogP contribution in [0.2, 0.25) is 0 Å². The Morgan fingerprint density at radius 1 is 0.912 bits per heavy atom. The summed E-state index contributed by atoms with van der Waals surface area (Å²) in [5, 5.41) is 2.85. The van der Waals surface area contributed by atoms with Crippen molar-refractivity contribution in [2.24, 2.45) is 0 Å². The SMILES string of the molecule is CCOC(=O)c1ccc(NC(=O)c2ccccc2-c2ncc(-c3ccc(OCC)cc3)o2)cc1. The number of hydrogen-bond donors (Lipinski definition) is 1. The highest BCUT2D eigenvalue weighted by Crippen LogP contribution is 2.29. The van der Waals surface area contributed by atoms with E-state index in [1.807, 2.05) is 37.3 Å². The molecule has 4 aromatic rings. The normalized spacial score (nSPS) is 10.5. The van der Waals surface area contributed by atoms with Gasteiger partial charge in [-0.15, -0.1) is 0 Å². The quantitative estimate of drug-likeness (QED) is 0.335. The third-order valence-electron chi connectivity index (χ3n) is 5.01. The van der Waals surface area contributed by atoms with Crippen LogP contribution in [-0.2, 0) is 4.74 Å². The summed E-state index contributed by atoms with van der Waals surface area (Å²) < 4.78 is 16.4. The lowest BCUT2D eigenvalue weighted by Gasteiger charge is -2.09. The standard InChI is InChI=1S/C27H24N2O5/c1-3-32-21-15-11-18(12-16-21)24-17-28-26(34-24)23-8-6-5-7-22(23)25(30)29-20-13-9-19(10-14-20)27(31)33-4-2/h5-17H,3-4H2,1-2H3,(H,29,30). The zero-order valence-electron chi connectivity index (χ0n) is 18.9. The van der Waals surface area contributed by atoms with Crippen LogP contribution in [0.4, 0.5) is 5.69 Å². The van der Waals surface area contributed by atoms with Gasteiger partial charge in [-0.3, -0.25) is 4.79 Å². The van der Waals surface area contributed by atoms with Crippen LogP contribution < -0.4 is 10.1 Å². The molecular weight excluding hydrogens is 432 g/mol. The molecule has 7 nitrogen and oxygen atoms in total. The lowest BCUT2D eigenvalue weighted by Crippen LogP contribution is -2.13. The average molecular weight is 456 g/mol. The Bertz CT molecular complexity index is 1280. The summed E-state index contributed by atoms with van der Waals surface area (Å²) >= 11 is 0. The lowest BCUT2D eigenvalue weighted by atomic mass is 10.1. The van der Waals surface area contributed by atoms with E-state index >= 15 is 0 Å². The minimum atomic E-state index is -0.405. The maximum Gasteiger partial charge on any atom is 0.338 e. The summed E-state index contributed by atoms with van der Waals surface area (Å²) in [5.74, 6) is 0.983. The molecule has 1 N–H and O–H groups in total. The smallest absolute Gasteiger partial charge is 0.338 e. The van der Waals surface area contributed by atoms with Crippen LogP contribution in [0.1, 0.15) is 34.6 Å². The van der Waals surface area contributed by atoms with E-state index in [1.54, 1.807) is 55.6 Å². The Morgan fingerprint density at radius 3 is 2.35 bits per heavy atom. The number of carbonyl (C=O) groups excluding carboxylic acids is 2. The molecule has 0 unspecified atom stereocenters. The van der Waals surface area contributed by atoms with E-state index in [2.05, 4.69) is 10.3 Å². The molecule has 0 atom stereocenters. The topological polar surface area (TPSA) is 90.7 Å². The van der Waals surface area contributed by atoms with Gasteiger partial charge in [-0.25, -0.2) is 9.78 Å². The minimum Gasteiger partial charge on any atom is -0.494 e. The highest BCUT2D eigenvalue weighted by molar-refractivity contribution is 6.08. The van der Waals surface area contributed by atoms with Gasteiger partial charge in [0.05, 0.1) is 30.5 Å². The number of anilines is 1. The van der Waals surface area contributed by atoms with E-state index < -0.39 is 5.97 Å². The van der Waals surface area contributed by atoms with Gasteiger partial charge in [0.2, 0.25) is 5.89 Å². The predicted octanol–water partition coefficient (Wildman–Crippen LogP) is 5.84. The molecule has 0 fully saturated rings. The van der Waals surface area contributed by atoms with Gasteiger partial charge in [-0.2, -0.15) is 0 Å². The van der Waals surface area contributed by atoms with Gasteiger partial charge in [0, 0.05) is 16.8 Å². The highest BCUT2D eigenvalue weighted by atomic mass is 16.5. The first-order valence-corrected chi connectivity index (χ1v) is 11.0. The van der Waals surface area contributed by atoms with E-state index in [1.165, 1.54) is 0 Å². The number of oxazole rings is 1. The number of benzene rings is 3. The number of hydrogen-bond acceptors (Lipinski definition) is 6. The zero-order valence-corrected chi connectivity index (χ0v) is 18.9. The van der Waals surface area contributed by atoms with Gasteiger partial charge in [-0.1, -0.05) is 12.1 Å². The van der Waals surface area contributed by atoms with Gasteiger partial charge < -0.3 is 19.2 Å². The molecule has 172 valence electrons. The summed E-state index contributed by atoms with van der Waals surface area (Å²) in [7, 11) is 0. The molecule has 1 amide bonds. The van der Waals surface area contributed by atoms with Crippen LogP contribution in [0.25, 0.3) is 22.8 Å². The molecule has 0 radical (unpaired) electrons. The maximum absolute atomic E-state index is 13.0. The summed E-state index contributed by atoms with van der Waals surface area (Å²) in [5.41, 5.74) is 2.81. The van der Waals surface area contributed by atoms with Gasteiger partial charge in [-0.05, 0) is 74.5 Å². The molecule has 3 aromatic carbocycles. The van der Waals surface area contributed by atoms with E-state index in [4.69, 9.17) is 13.9 Å². The number of nitrogens with one attached hydrogen (secondary N) is 1. The van der Waals surface area contributed by atoms with Crippen LogP contribution >= 0.6 is 0 Å². The van der Waals surface area contributed by atoms with Crippen molar-refractivity contribution >= 4 is 17.6 Å². The maximum atomic E-state index is 13.0. The van der Waals surface area contributed by atoms with Crippen LogP contribution in [0.3, 0.4) is 0 Å². The largest absolute Gasteiger partial charge is 0.494 e. The first kappa shape index (κ1) is 22.8. The molecule has 0 aliphatic heterocycles. The molecule has 1 aromatic heterocycles. The van der Waals surface area contributed by atoms with Gasteiger partial charge in [0.15, 0.2) is 5.76 Å². The van der Waals surface area contributed by atoms with Gasteiger partial charge >= 0.3 is 5.97 Å². The molecule has 0 saturated heterocycles. The molecule has 0 aliphatic carbocycles. The second kappa shape index (κ2) is 10.5. The molecule has 34 heavy (non-hydrogen) atoms. The Hall–Kier alpha value is -4.39. The number of ether oxygens (including phenoxy) is 2. The first-order chi connectivity index (χ1) is 16.6. The fraction of sp³-hybridized carbons (Fsp3) is 0.148. The van der Waals surface area contributed by atoms with E-state index in [9.17, 15) is 9.59 Å². The van der Waals surface area contributed by atoms with Crippen molar-refractivity contribution in [3.8, 4) is 28.5 Å². The Balaban J connectivity index is 1.53. The number of esters is 1. The van der Waals surface area contributed by atoms with E-state index in [-0.39, 0.29) is 5.91 Å². The zero-order chi connectivity index (χ0) is 23.9. The monoisotopic (exact) mass is 456 g/mol. The van der Waals surface area contributed by atoms with Crippen LogP contribution in [0.5, 0.6) is 5.75 Å². The van der Waals surface area contributed by atoms with Crippen molar-refractivity contribution in [2.75, 3.05) is 18.5 Å². The fourth-order valence-electron chi connectivity index (χ4n) is 3.38.